The van der Waals surface area contributed by atoms with Gasteiger partial charge in [-0.05, 0) is 68.1 Å². The van der Waals surface area contributed by atoms with Crippen LogP contribution in [0.15, 0.2) is 48.5 Å². The number of nitrogens with zero attached hydrogens (tertiary/aromatic N) is 2. The van der Waals surface area contributed by atoms with Crippen LogP contribution in [0.5, 0.6) is 5.75 Å². The van der Waals surface area contributed by atoms with E-state index in [1.807, 2.05) is 66.4 Å². The normalized spacial score (nSPS) is 18.4. The Hall–Kier alpha value is -3.02. The molecule has 0 radical (unpaired) electrons. The molecule has 1 saturated carbocycles. The molecular weight excluding hydrogens is 390 g/mol. The lowest BCUT2D eigenvalue weighted by Crippen LogP contribution is -2.41. The van der Waals surface area contributed by atoms with Gasteiger partial charge < -0.3 is 19.9 Å². The first-order valence-corrected chi connectivity index (χ1v) is 11.1. The Balaban J connectivity index is 1.31. The van der Waals surface area contributed by atoms with Crippen molar-refractivity contribution in [3.05, 3.63) is 59.7 Å². The number of rotatable bonds is 7. The van der Waals surface area contributed by atoms with Crippen molar-refractivity contribution in [2.24, 2.45) is 5.92 Å². The van der Waals surface area contributed by atoms with Gasteiger partial charge in [0.2, 0.25) is 0 Å². The molecule has 2 amide bonds. The second kappa shape index (κ2) is 9.41. The quantitative estimate of drug-likeness (QED) is 0.742. The van der Waals surface area contributed by atoms with E-state index in [2.05, 4.69) is 5.32 Å². The number of amides is 2. The Morgan fingerprint density at radius 3 is 2.55 bits per heavy atom. The molecular formula is C25H31N3O3. The Morgan fingerprint density at radius 1 is 1.06 bits per heavy atom. The fraction of sp³-hybridized carbons (Fsp3) is 0.440. The van der Waals surface area contributed by atoms with E-state index in [4.69, 9.17) is 4.74 Å². The molecule has 164 valence electrons. The number of benzene rings is 2. The van der Waals surface area contributed by atoms with Crippen LogP contribution >= 0.6 is 0 Å². The second-order valence-corrected chi connectivity index (χ2v) is 8.79. The third-order valence-electron chi connectivity index (χ3n) is 5.93. The number of nitrogens with one attached hydrogen (secondary N) is 1. The first-order chi connectivity index (χ1) is 15.0. The number of piperidine rings is 1. The SMILES string of the molecule is CN(C)c1ccc(C(=O)N2CCCC(COc3cccc(C(=O)NC4CC4)c3)C2)cc1. The highest BCUT2D eigenvalue weighted by Gasteiger charge is 2.26. The van der Waals surface area contributed by atoms with Gasteiger partial charge in [-0.2, -0.15) is 0 Å². The molecule has 2 aliphatic rings. The molecule has 2 aromatic rings. The van der Waals surface area contributed by atoms with Gasteiger partial charge in [-0.25, -0.2) is 0 Å². The van der Waals surface area contributed by atoms with Gasteiger partial charge in [0, 0.05) is 56.0 Å². The molecule has 2 fully saturated rings. The largest absolute Gasteiger partial charge is 0.493 e. The Kier molecular flexibility index (Phi) is 6.44. The third-order valence-corrected chi connectivity index (χ3v) is 5.93. The summed E-state index contributed by atoms with van der Waals surface area (Å²) in [6.45, 7) is 2.01. The number of hydrogen-bond acceptors (Lipinski definition) is 4. The molecule has 1 aliphatic carbocycles. The minimum Gasteiger partial charge on any atom is -0.493 e. The standard InChI is InChI=1S/C25H31N3O3/c1-27(2)22-12-8-19(9-13-22)25(30)28-14-4-5-18(16-28)17-31-23-7-3-6-20(15-23)24(29)26-21-10-11-21/h3,6-9,12-13,15,18,21H,4-5,10-11,14,16-17H2,1-2H3,(H,26,29). The van der Waals surface area contributed by atoms with Crippen molar-refractivity contribution in [1.82, 2.24) is 10.2 Å². The number of carbonyl (C=O) groups is 2. The van der Waals surface area contributed by atoms with E-state index < -0.39 is 0 Å². The summed E-state index contributed by atoms with van der Waals surface area (Å²) in [5.41, 5.74) is 2.43. The number of ether oxygens (including phenoxy) is 1. The van der Waals surface area contributed by atoms with Crippen LogP contribution in [-0.4, -0.2) is 56.5 Å². The smallest absolute Gasteiger partial charge is 0.253 e. The first kappa shape index (κ1) is 21.2. The third kappa shape index (κ3) is 5.57. The number of hydrogen-bond donors (Lipinski definition) is 1. The van der Waals surface area contributed by atoms with Crippen LogP contribution in [0.4, 0.5) is 5.69 Å². The minimum absolute atomic E-state index is 0.0392. The van der Waals surface area contributed by atoms with E-state index in [-0.39, 0.29) is 17.7 Å². The van der Waals surface area contributed by atoms with Crippen LogP contribution in [0.3, 0.4) is 0 Å². The fourth-order valence-corrected chi connectivity index (χ4v) is 3.91. The van der Waals surface area contributed by atoms with E-state index in [1.165, 1.54) is 0 Å². The summed E-state index contributed by atoms with van der Waals surface area (Å²) in [6.07, 6.45) is 4.14. The van der Waals surface area contributed by atoms with Gasteiger partial charge in [0.05, 0.1) is 6.61 Å². The number of carbonyl (C=O) groups excluding carboxylic acids is 2. The lowest BCUT2D eigenvalue weighted by atomic mass is 9.98. The van der Waals surface area contributed by atoms with Crippen LogP contribution in [-0.2, 0) is 0 Å². The topological polar surface area (TPSA) is 61.9 Å². The zero-order chi connectivity index (χ0) is 21.8. The molecule has 31 heavy (non-hydrogen) atoms. The molecule has 2 aromatic carbocycles. The molecule has 0 spiro atoms. The Bertz CT molecular complexity index is 922. The van der Waals surface area contributed by atoms with Crippen molar-refractivity contribution >= 4 is 17.5 Å². The van der Waals surface area contributed by atoms with Gasteiger partial charge >= 0.3 is 0 Å². The summed E-state index contributed by atoms with van der Waals surface area (Å²) in [7, 11) is 3.97. The predicted molar refractivity (Wildman–Crippen MR) is 122 cm³/mol. The molecule has 1 saturated heterocycles. The van der Waals surface area contributed by atoms with Gasteiger partial charge in [0.1, 0.15) is 5.75 Å². The molecule has 1 atom stereocenters. The van der Waals surface area contributed by atoms with Crippen molar-refractivity contribution in [3.8, 4) is 5.75 Å². The highest BCUT2D eigenvalue weighted by Crippen LogP contribution is 2.23. The van der Waals surface area contributed by atoms with E-state index >= 15 is 0 Å². The molecule has 6 nitrogen and oxygen atoms in total. The molecule has 1 aliphatic heterocycles. The highest BCUT2D eigenvalue weighted by molar-refractivity contribution is 5.95. The monoisotopic (exact) mass is 421 g/mol. The summed E-state index contributed by atoms with van der Waals surface area (Å²) in [5, 5.41) is 3.00. The van der Waals surface area contributed by atoms with Crippen LogP contribution in [0.1, 0.15) is 46.4 Å². The predicted octanol–water partition coefficient (Wildman–Crippen LogP) is 3.58. The van der Waals surface area contributed by atoms with E-state index in [1.54, 1.807) is 6.07 Å². The van der Waals surface area contributed by atoms with Gasteiger partial charge in [0.25, 0.3) is 11.8 Å². The van der Waals surface area contributed by atoms with E-state index in [9.17, 15) is 9.59 Å². The molecule has 4 rings (SSSR count). The molecule has 0 aromatic heterocycles. The maximum Gasteiger partial charge on any atom is 0.253 e. The molecule has 1 heterocycles. The van der Waals surface area contributed by atoms with Gasteiger partial charge in [-0.15, -0.1) is 0 Å². The molecule has 1 unspecified atom stereocenters. The van der Waals surface area contributed by atoms with Crippen molar-refractivity contribution < 1.29 is 14.3 Å². The van der Waals surface area contributed by atoms with E-state index in [0.717, 1.165) is 43.5 Å². The molecule has 0 bridgehead atoms. The fourth-order valence-electron chi connectivity index (χ4n) is 3.91. The number of likely N-dealkylation sites (tertiary alicyclic amines) is 1. The zero-order valence-electron chi connectivity index (χ0n) is 18.3. The number of anilines is 1. The van der Waals surface area contributed by atoms with Crippen LogP contribution in [0.2, 0.25) is 0 Å². The highest BCUT2D eigenvalue weighted by atomic mass is 16.5. The molecule has 6 heteroatoms. The Morgan fingerprint density at radius 2 is 1.84 bits per heavy atom. The van der Waals surface area contributed by atoms with Gasteiger partial charge in [-0.1, -0.05) is 6.07 Å². The summed E-state index contributed by atoms with van der Waals surface area (Å²) in [5.74, 6) is 1.02. The zero-order valence-corrected chi connectivity index (χ0v) is 18.3. The molecule has 1 N–H and O–H groups in total. The van der Waals surface area contributed by atoms with Crippen LogP contribution < -0.4 is 15.0 Å². The Labute approximate surface area is 184 Å². The van der Waals surface area contributed by atoms with Gasteiger partial charge in [-0.3, -0.25) is 9.59 Å². The van der Waals surface area contributed by atoms with Crippen molar-refractivity contribution in [2.75, 3.05) is 38.7 Å². The average Bonchev–Trinajstić information content (AvgIpc) is 3.61. The first-order valence-electron chi connectivity index (χ1n) is 11.1. The summed E-state index contributed by atoms with van der Waals surface area (Å²) < 4.78 is 6.01. The lowest BCUT2D eigenvalue weighted by Gasteiger charge is -2.32. The van der Waals surface area contributed by atoms with Crippen LogP contribution in [0, 0.1) is 5.92 Å². The van der Waals surface area contributed by atoms with Crippen molar-refractivity contribution in [2.45, 2.75) is 31.7 Å². The summed E-state index contributed by atoms with van der Waals surface area (Å²) in [6, 6.07) is 15.4. The van der Waals surface area contributed by atoms with E-state index in [0.29, 0.717) is 30.5 Å². The maximum absolute atomic E-state index is 12.9. The van der Waals surface area contributed by atoms with Crippen LogP contribution in [0.25, 0.3) is 0 Å². The average molecular weight is 422 g/mol. The van der Waals surface area contributed by atoms with Crippen molar-refractivity contribution in [3.63, 3.8) is 0 Å². The van der Waals surface area contributed by atoms with Gasteiger partial charge in [0.15, 0.2) is 0 Å². The second-order valence-electron chi connectivity index (χ2n) is 8.79. The summed E-state index contributed by atoms with van der Waals surface area (Å²) >= 11 is 0. The van der Waals surface area contributed by atoms with Crippen molar-refractivity contribution in [1.29, 1.82) is 0 Å². The lowest BCUT2D eigenvalue weighted by molar-refractivity contribution is 0.0633. The minimum atomic E-state index is -0.0392. The summed E-state index contributed by atoms with van der Waals surface area (Å²) in [4.78, 5) is 29.1. The maximum atomic E-state index is 12.9.